The molecule has 0 saturated heterocycles. The molecular formula is C22H31NO5S. The number of benzene rings is 1. The van der Waals surface area contributed by atoms with E-state index < -0.39 is 14.6 Å². The molecule has 0 radical (unpaired) electrons. The van der Waals surface area contributed by atoms with Crippen LogP contribution in [0.25, 0.3) is 0 Å². The maximum Gasteiger partial charge on any atom is 0.261 e. The summed E-state index contributed by atoms with van der Waals surface area (Å²) in [5.74, 6) is -0.420. The number of carbonyl (C=O) groups excluding carboxylic acids is 3. The first-order valence-electron chi connectivity index (χ1n) is 10.1. The predicted molar refractivity (Wildman–Crippen MR) is 113 cm³/mol. The van der Waals surface area contributed by atoms with Crippen molar-refractivity contribution in [1.82, 2.24) is 4.90 Å². The molecule has 1 aromatic carbocycles. The number of sulfone groups is 1. The third kappa shape index (κ3) is 5.32. The lowest BCUT2D eigenvalue weighted by Crippen LogP contribution is -2.35. The second kappa shape index (κ2) is 8.78. The summed E-state index contributed by atoms with van der Waals surface area (Å²) in [6.45, 7) is 8.67. The van der Waals surface area contributed by atoms with Crippen LogP contribution in [-0.4, -0.2) is 47.5 Å². The predicted octanol–water partition coefficient (Wildman–Crippen LogP) is 3.58. The standard InChI is InChI=1S/C22H31NO5S/c1-15(2)23-20(25)18-11-10-16(14-19(18)21(23)26)13-17(24)9-7-6-8-12-29(27,28)22(3,4)5/h10-11,14-15H,6-9,12-13H2,1-5H3. The Kier molecular flexibility index (Phi) is 7.04. The zero-order valence-corrected chi connectivity index (χ0v) is 18.8. The molecule has 1 aliphatic rings. The summed E-state index contributed by atoms with van der Waals surface area (Å²) in [7, 11) is -3.12. The van der Waals surface area contributed by atoms with Crippen molar-refractivity contribution in [3.63, 3.8) is 0 Å². The Morgan fingerprint density at radius 1 is 1.00 bits per heavy atom. The Hall–Kier alpha value is -2.02. The summed E-state index contributed by atoms with van der Waals surface area (Å²) in [6, 6.07) is 4.78. The van der Waals surface area contributed by atoms with E-state index in [1.807, 2.05) is 0 Å². The van der Waals surface area contributed by atoms with E-state index in [9.17, 15) is 22.8 Å². The molecule has 0 fully saturated rings. The van der Waals surface area contributed by atoms with Gasteiger partial charge in [0.05, 0.1) is 21.6 Å². The average molecular weight is 422 g/mol. The zero-order chi connectivity index (χ0) is 22.0. The summed E-state index contributed by atoms with van der Waals surface area (Å²) >= 11 is 0. The maximum atomic E-state index is 12.5. The van der Waals surface area contributed by atoms with Crippen molar-refractivity contribution in [2.24, 2.45) is 0 Å². The fraction of sp³-hybridized carbons (Fsp3) is 0.591. The Balaban J connectivity index is 1.86. The molecule has 1 heterocycles. The van der Waals surface area contributed by atoms with Gasteiger partial charge in [0, 0.05) is 18.9 Å². The SMILES string of the molecule is CC(C)N1C(=O)c2ccc(CC(=O)CCCCCS(=O)(=O)C(C)(C)C)cc2C1=O. The van der Waals surface area contributed by atoms with Crippen molar-refractivity contribution < 1.29 is 22.8 Å². The number of unbranched alkanes of at least 4 members (excludes halogenated alkanes) is 2. The molecule has 0 spiro atoms. The molecule has 2 amide bonds. The van der Waals surface area contributed by atoms with Gasteiger partial charge in [-0.25, -0.2) is 8.42 Å². The summed E-state index contributed by atoms with van der Waals surface area (Å²) in [5.41, 5.74) is 1.47. The van der Waals surface area contributed by atoms with Crippen molar-refractivity contribution in [2.75, 3.05) is 5.75 Å². The third-order valence-electron chi connectivity index (χ3n) is 5.20. The lowest BCUT2D eigenvalue weighted by atomic mass is 10.00. The topological polar surface area (TPSA) is 88.6 Å². The molecule has 0 bridgehead atoms. The lowest BCUT2D eigenvalue weighted by molar-refractivity contribution is -0.118. The minimum atomic E-state index is -3.12. The van der Waals surface area contributed by atoms with Gasteiger partial charge in [-0.2, -0.15) is 0 Å². The maximum absolute atomic E-state index is 12.5. The monoisotopic (exact) mass is 421 g/mol. The highest BCUT2D eigenvalue weighted by molar-refractivity contribution is 7.92. The Labute approximate surface area is 173 Å². The van der Waals surface area contributed by atoms with Crippen LogP contribution in [0.4, 0.5) is 0 Å². The van der Waals surface area contributed by atoms with E-state index in [1.165, 1.54) is 4.90 Å². The number of imide groups is 1. The van der Waals surface area contributed by atoms with Crippen molar-refractivity contribution >= 4 is 27.4 Å². The number of hydrogen-bond donors (Lipinski definition) is 0. The summed E-state index contributed by atoms with van der Waals surface area (Å²) < 4.78 is 23.4. The first-order chi connectivity index (χ1) is 13.3. The Morgan fingerprint density at radius 3 is 2.21 bits per heavy atom. The van der Waals surface area contributed by atoms with E-state index in [0.717, 1.165) is 5.56 Å². The van der Waals surface area contributed by atoms with Crippen LogP contribution in [0.15, 0.2) is 18.2 Å². The summed E-state index contributed by atoms with van der Waals surface area (Å²) in [5, 5.41) is 0. The van der Waals surface area contributed by atoms with Crippen LogP contribution in [0.3, 0.4) is 0 Å². The molecule has 0 aliphatic carbocycles. The summed E-state index contributed by atoms with van der Waals surface area (Å²) in [6.07, 6.45) is 2.45. The number of nitrogens with zero attached hydrogens (tertiary/aromatic N) is 1. The van der Waals surface area contributed by atoms with Gasteiger partial charge in [0.25, 0.3) is 11.8 Å². The van der Waals surface area contributed by atoms with Gasteiger partial charge >= 0.3 is 0 Å². The van der Waals surface area contributed by atoms with Crippen LogP contribution < -0.4 is 0 Å². The van der Waals surface area contributed by atoms with Crippen LogP contribution in [0.1, 0.15) is 86.6 Å². The van der Waals surface area contributed by atoms with Crippen molar-refractivity contribution in [2.45, 2.75) is 77.5 Å². The minimum Gasteiger partial charge on any atom is -0.299 e. The fourth-order valence-electron chi connectivity index (χ4n) is 3.30. The highest BCUT2D eigenvalue weighted by Crippen LogP contribution is 2.26. The van der Waals surface area contributed by atoms with Crippen LogP contribution in [0, 0.1) is 0 Å². The van der Waals surface area contributed by atoms with Gasteiger partial charge in [-0.1, -0.05) is 12.5 Å². The summed E-state index contributed by atoms with van der Waals surface area (Å²) in [4.78, 5) is 38.3. The fourth-order valence-corrected chi connectivity index (χ4v) is 4.50. The Morgan fingerprint density at radius 2 is 1.62 bits per heavy atom. The van der Waals surface area contributed by atoms with E-state index in [2.05, 4.69) is 0 Å². The first kappa shape index (κ1) is 23.3. The number of amides is 2. The molecule has 6 nitrogen and oxygen atoms in total. The average Bonchev–Trinajstić information content (AvgIpc) is 2.84. The van der Waals surface area contributed by atoms with Crippen molar-refractivity contribution in [1.29, 1.82) is 0 Å². The molecule has 1 aromatic rings. The van der Waals surface area contributed by atoms with Gasteiger partial charge in [-0.05, 0) is 65.2 Å². The van der Waals surface area contributed by atoms with Gasteiger partial charge < -0.3 is 0 Å². The third-order valence-corrected chi connectivity index (χ3v) is 7.89. The molecule has 7 heteroatoms. The smallest absolute Gasteiger partial charge is 0.261 e. The van der Waals surface area contributed by atoms with E-state index in [-0.39, 0.29) is 35.8 Å². The zero-order valence-electron chi connectivity index (χ0n) is 17.9. The molecule has 0 aromatic heterocycles. The molecule has 0 saturated carbocycles. The molecule has 0 N–H and O–H groups in total. The highest BCUT2D eigenvalue weighted by Gasteiger charge is 2.37. The van der Waals surface area contributed by atoms with Gasteiger partial charge in [0.2, 0.25) is 0 Å². The largest absolute Gasteiger partial charge is 0.299 e. The molecule has 29 heavy (non-hydrogen) atoms. The quantitative estimate of drug-likeness (QED) is 0.449. The number of Topliss-reactive ketones (excluding diaryl/α,β-unsaturated/α-hetero) is 1. The van der Waals surface area contributed by atoms with E-state index in [0.29, 0.717) is 36.8 Å². The normalized spacial score (nSPS) is 14.6. The molecule has 0 atom stereocenters. The van der Waals surface area contributed by atoms with Gasteiger partial charge in [-0.15, -0.1) is 0 Å². The van der Waals surface area contributed by atoms with E-state index in [1.54, 1.807) is 52.8 Å². The second-order valence-corrected chi connectivity index (χ2v) is 11.8. The molecular weight excluding hydrogens is 390 g/mol. The Bertz CT molecular complexity index is 910. The van der Waals surface area contributed by atoms with Crippen LogP contribution >= 0.6 is 0 Å². The number of fused-ring (bicyclic) bond motifs is 1. The minimum absolute atomic E-state index is 0.0427. The van der Waals surface area contributed by atoms with Crippen LogP contribution in [0.2, 0.25) is 0 Å². The van der Waals surface area contributed by atoms with Crippen LogP contribution in [-0.2, 0) is 21.1 Å². The number of hydrogen-bond acceptors (Lipinski definition) is 5. The lowest BCUT2D eigenvalue weighted by Gasteiger charge is -2.18. The van der Waals surface area contributed by atoms with Gasteiger partial charge in [0.15, 0.2) is 9.84 Å². The van der Waals surface area contributed by atoms with Gasteiger partial charge in [-0.3, -0.25) is 19.3 Å². The van der Waals surface area contributed by atoms with Crippen molar-refractivity contribution in [3.8, 4) is 0 Å². The second-order valence-electron chi connectivity index (χ2n) is 8.91. The number of carbonyl (C=O) groups is 3. The van der Waals surface area contributed by atoms with Crippen LogP contribution in [0.5, 0.6) is 0 Å². The molecule has 160 valence electrons. The van der Waals surface area contributed by atoms with E-state index >= 15 is 0 Å². The molecule has 1 aliphatic heterocycles. The molecule has 0 unspecified atom stereocenters. The van der Waals surface area contributed by atoms with Gasteiger partial charge in [0.1, 0.15) is 5.78 Å². The molecule has 2 rings (SSSR count). The van der Waals surface area contributed by atoms with Crippen molar-refractivity contribution in [3.05, 3.63) is 34.9 Å². The number of rotatable bonds is 9. The first-order valence-corrected chi connectivity index (χ1v) is 11.7. The van der Waals surface area contributed by atoms with E-state index in [4.69, 9.17) is 0 Å². The number of ketones is 1. The highest BCUT2D eigenvalue weighted by atomic mass is 32.2.